The predicted molar refractivity (Wildman–Crippen MR) is 64.2 cm³/mol. The molecule has 6 heteroatoms. The summed E-state index contributed by atoms with van der Waals surface area (Å²) >= 11 is 0. The van der Waals surface area contributed by atoms with Crippen LogP contribution < -0.4 is 10.6 Å². The highest BCUT2D eigenvalue weighted by Gasteiger charge is 2.30. The van der Waals surface area contributed by atoms with E-state index in [1.54, 1.807) is 0 Å². The fraction of sp³-hybridized carbons (Fsp3) is 0.833. The Morgan fingerprint density at radius 2 is 2.00 bits per heavy atom. The second kappa shape index (κ2) is 6.15. The van der Waals surface area contributed by atoms with Crippen molar-refractivity contribution in [2.24, 2.45) is 0 Å². The van der Waals surface area contributed by atoms with Gasteiger partial charge in [0.2, 0.25) is 5.91 Å². The minimum Gasteiger partial charge on any atom is -0.479 e. The number of amides is 1. The van der Waals surface area contributed by atoms with Gasteiger partial charge in [-0.3, -0.25) is 4.79 Å². The summed E-state index contributed by atoms with van der Waals surface area (Å²) in [6.07, 6.45) is 3.25. The second-order valence-corrected chi connectivity index (χ2v) is 4.94. The van der Waals surface area contributed by atoms with Crippen molar-refractivity contribution in [3.63, 3.8) is 0 Å². The fourth-order valence-corrected chi connectivity index (χ4v) is 2.03. The van der Waals surface area contributed by atoms with Crippen molar-refractivity contribution in [2.45, 2.75) is 50.4 Å². The van der Waals surface area contributed by atoms with Gasteiger partial charge in [0.05, 0.1) is 6.10 Å². The Morgan fingerprint density at radius 3 is 2.61 bits per heavy atom. The first kappa shape index (κ1) is 13.3. The van der Waals surface area contributed by atoms with Gasteiger partial charge in [-0.2, -0.15) is 0 Å². The molecule has 1 aliphatic carbocycles. The van der Waals surface area contributed by atoms with E-state index in [1.165, 1.54) is 12.8 Å². The normalized spacial score (nSPS) is 27.1. The van der Waals surface area contributed by atoms with Crippen LogP contribution in [0.4, 0.5) is 0 Å². The lowest BCUT2D eigenvalue weighted by Crippen LogP contribution is -2.34. The maximum atomic E-state index is 11.5. The van der Waals surface area contributed by atoms with Crippen LogP contribution in [0.2, 0.25) is 0 Å². The first-order valence-electron chi connectivity index (χ1n) is 6.53. The van der Waals surface area contributed by atoms with Crippen LogP contribution in [0.5, 0.6) is 0 Å². The van der Waals surface area contributed by atoms with E-state index in [0.717, 1.165) is 0 Å². The molecule has 0 radical (unpaired) electrons. The van der Waals surface area contributed by atoms with Crippen LogP contribution in [-0.4, -0.2) is 48.3 Å². The topological polar surface area (TPSA) is 87.7 Å². The molecule has 2 aliphatic rings. The highest BCUT2D eigenvalue weighted by atomic mass is 16.5. The SMILES string of the molecule is O=C(CCNC1CC1)NCC1CCC(C(=O)O)O1. The second-order valence-electron chi connectivity index (χ2n) is 4.94. The van der Waals surface area contributed by atoms with Gasteiger partial charge in [0.1, 0.15) is 0 Å². The molecule has 0 aromatic heterocycles. The Hall–Kier alpha value is -1.14. The largest absolute Gasteiger partial charge is 0.479 e. The van der Waals surface area contributed by atoms with Crippen LogP contribution in [0, 0.1) is 0 Å². The standard InChI is InChI=1S/C12H20N2O4/c15-11(5-6-13-8-1-2-8)14-7-9-3-4-10(18-9)12(16)17/h8-10,13H,1-7H2,(H,14,15)(H,16,17). The van der Waals surface area contributed by atoms with Gasteiger partial charge >= 0.3 is 5.97 Å². The van der Waals surface area contributed by atoms with Crippen LogP contribution in [0.25, 0.3) is 0 Å². The average Bonchev–Trinajstić information content (AvgIpc) is 3.02. The highest BCUT2D eigenvalue weighted by molar-refractivity contribution is 5.76. The van der Waals surface area contributed by atoms with Crippen molar-refractivity contribution in [3.8, 4) is 0 Å². The van der Waals surface area contributed by atoms with Crippen molar-refractivity contribution < 1.29 is 19.4 Å². The molecule has 0 aromatic rings. The molecule has 2 atom stereocenters. The lowest BCUT2D eigenvalue weighted by molar-refractivity contribution is -0.149. The summed E-state index contributed by atoms with van der Waals surface area (Å²) in [5, 5.41) is 14.8. The van der Waals surface area contributed by atoms with E-state index in [1.807, 2.05) is 0 Å². The number of aliphatic carboxylic acids is 1. The average molecular weight is 256 g/mol. The predicted octanol–water partition coefficient (Wildman–Crippen LogP) is -0.123. The molecule has 3 N–H and O–H groups in total. The quantitative estimate of drug-likeness (QED) is 0.591. The fourth-order valence-electron chi connectivity index (χ4n) is 2.03. The summed E-state index contributed by atoms with van der Waals surface area (Å²) in [6, 6.07) is 0.618. The smallest absolute Gasteiger partial charge is 0.332 e. The Kier molecular flexibility index (Phi) is 4.54. The zero-order chi connectivity index (χ0) is 13.0. The molecular formula is C12H20N2O4. The molecule has 1 saturated carbocycles. The van der Waals surface area contributed by atoms with E-state index < -0.39 is 12.1 Å². The molecule has 1 heterocycles. The number of carboxylic acid groups (broad SMARTS) is 1. The number of rotatable bonds is 7. The highest BCUT2D eigenvalue weighted by Crippen LogP contribution is 2.19. The maximum absolute atomic E-state index is 11.5. The minimum absolute atomic E-state index is 0.00877. The zero-order valence-corrected chi connectivity index (χ0v) is 10.4. The van der Waals surface area contributed by atoms with Gasteiger partial charge in [-0.25, -0.2) is 4.79 Å². The molecular weight excluding hydrogens is 236 g/mol. The summed E-state index contributed by atoms with van der Waals surface area (Å²) in [5.74, 6) is -0.928. The number of hydrogen-bond acceptors (Lipinski definition) is 4. The third-order valence-electron chi connectivity index (χ3n) is 3.27. The lowest BCUT2D eigenvalue weighted by atomic mass is 10.2. The molecule has 0 aromatic carbocycles. The van der Waals surface area contributed by atoms with Gasteiger partial charge in [-0.05, 0) is 25.7 Å². The molecule has 0 spiro atoms. The van der Waals surface area contributed by atoms with Crippen molar-refractivity contribution in [1.29, 1.82) is 0 Å². The van der Waals surface area contributed by atoms with Gasteiger partial charge in [0, 0.05) is 25.6 Å². The molecule has 1 aliphatic heterocycles. The number of ether oxygens (including phenoxy) is 1. The number of carbonyl (C=O) groups is 2. The summed E-state index contributed by atoms with van der Waals surface area (Å²) < 4.78 is 5.30. The number of carbonyl (C=O) groups excluding carboxylic acids is 1. The van der Waals surface area contributed by atoms with Gasteiger partial charge < -0.3 is 20.5 Å². The Balaban J connectivity index is 1.53. The van der Waals surface area contributed by atoms with E-state index in [0.29, 0.717) is 38.4 Å². The molecule has 6 nitrogen and oxygen atoms in total. The van der Waals surface area contributed by atoms with Crippen LogP contribution in [0.15, 0.2) is 0 Å². The van der Waals surface area contributed by atoms with E-state index >= 15 is 0 Å². The van der Waals surface area contributed by atoms with Gasteiger partial charge in [-0.15, -0.1) is 0 Å². The molecule has 1 saturated heterocycles. The Morgan fingerprint density at radius 1 is 1.22 bits per heavy atom. The lowest BCUT2D eigenvalue weighted by Gasteiger charge is -2.12. The molecule has 0 bridgehead atoms. The minimum atomic E-state index is -0.919. The van der Waals surface area contributed by atoms with E-state index in [4.69, 9.17) is 9.84 Å². The zero-order valence-electron chi connectivity index (χ0n) is 10.4. The van der Waals surface area contributed by atoms with Crippen LogP contribution in [-0.2, 0) is 14.3 Å². The van der Waals surface area contributed by atoms with Gasteiger partial charge in [0.25, 0.3) is 0 Å². The third kappa shape index (κ3) is 4.27. The van der Waals surface area contributed by atoms with Crippen LogP contribution >= 0.6 is 0 Å². The van der Waals surface area contributed by atoms with Gasteiger partial charge in [-0.1, -0.05) is 0 Å². The number of nitrogens with one attached hydrogen (secondary N) is 2. The maximum Gasteiger partial charge on any atom is 0.332 e. The number of hydrogen-bond donors (Lipinski definition) is 3. The summed E-state index contributed by atoms with van der Waals surface area (Å²) in [4.78, 5) is 22.2. The number of carboxylic acids is 1. The van der Waals surface area contributed by atoms with Crippen LogP contribution in [0.3, 0.4) is 0 Å². The molecule has 2 unspecified atom stereocenters. The van der Waals surface area contributed by atoms with Crippen molar-refractivity contribution in [3.05, 3.63) is 0 Å². The Bertz CT molecular complexity index is 317. The van der Waals surface area contributed by atoms with Gasteiger partial charge in [0.15, 0.2) is 6.10 Å². The van der Waals surface area contributed by atoms with Crippen molar-refractivity contribution in [2.75, 3.05) is 13.1 Å². The first-order chi connectivity index (χ1) is 8.65. The summed E-state index contributed by atoms with van der Waals surface area (Å²) in [7, 11) is 0. The van der Waals surface area contributed by atoms with E-state index in [9.17, 15) is 9.59 Å². The summed E-state index contributed by atoms with van der Waals surface area (Å²) in [5.41, 5.74) is 0. The van der Waals surface area contributed by atoms with E-state index in [2.05, 4.69) is 10.6 Å². The molecule has 18 heavy (non-hydrogen) atoms. The molecule has 2 fully saturated rings. The molecule has 1 amide bonds. The molecule has 102 valence electrons. The van der Waals surface area contributed by atoms with Crippen molar-refractivity contribution >= 4 is 11.9 Å². The first-order valence-corrected chi connectivity index (χ1v) is 6.53. The monoisotopic (exact) mass is 256 g/mol. The van der Waals surface area contributed by atoms with Crippen molar-refractivity contribution in [1.82, 2.24) is 10.6 Å². The summed E-state index contributed by atoms with van der Waals surface area (Å²) in [6.45, 7) is 1.12. The van der Waals surface area contributed by atoms with Crippen LogP contribution in [0.1, 0.15) is 32.1 Å². The van der Waals surface area contributed by atoms with E-state index in [-0.39, 0.29) is 12.0 Å². The molecule has 2 rings (SSSR count). The third-order valence-corrected chi connectivity index (χ3v) is 3.27. The Labute approximate surface area is 106 Å².